The Kier molecular flexibility index (Phi) is 27.4. The third-order valence-corrected chi connectivity index (χ3v) is 8.98. The number of anilines is 1. The number of hydrogen-bond acceptors (Lipinski definition) is 12. The number of hydrogen-bond donors (Lipinski definition) is 8. The van der Waals surface area contributed by atoms with Crippen molar-refractivity contribution < 1.29 is 49.3 Å². The van der Waals surface area contributed by atoms with Crippen molar-refractivity contribution >= 4 is 36.8 Å². The van der Waals surface area contributed by atoms with Crippen LogP contribution in [0.1, 0.15) is 51.9 Å². The molecule has 1 fully saturated rings. The second-order valence-electron chi connectivity index (χ2n) is 11.9. The minimum Gasteiger partial charge on any atom is -0.412 e. The third-order valence-electron chi connectivity index (χ3n) is 8.06. The monoisotopic (exact) mass is 897 g/mol. The first-order valence-corrected chi connectivity index (χ1v) is 19.6. The van der Waals surface area contributed by atoms with Crippen LogP contribution < -0.4 is 32.0 Å². The molecule has 1 aromatic carbocycles. The largest absolute Gasteiger partial charge is 0.412 e. The minimum absolute atomic E-state index is 0. The van der Waals surface area contributed by atoms with Gasteiger partial charge in [-0.2, -0.15) is 0 Å². The summed E-state index contributed by atoms with van der Waals surface area (Å²) in [5.74, 6) is 6.11. The van der Waals surface area contributed by atoms with Crippen LogP contribution in [0, 0.1) is 5.92 Å². The average Bonchev–Trinajstić information content (AvgIpc) is 3.09. The molecule has 6 atom stereocenters. The van der Waals surface area contributed by atoms with E-state index in [0.717, 1.165) is 49.2 Å². The molecule has 2 rings (SSSR count). The summed E-state index contributed by atoms with van der Waals surface area (Å²) in [5.41, 5.74) is 3.44. The molecule has 285 valence electrons. The Labute approximate surface area is 307 Å². The molecule has 1 unspecified atom stereocenters. The van der Waals surface area contributed by atoms with Crippen LogP contribution in [-0.2, 0) is 18.9 Å². The van der Waals surface area contributed by atoms with E-state index in [0.29, 0.717) is 83.7 Å². The topological polar surface area (TPSA) is 230 Å². The van der Waals surface area contributed by atoms with Crippen molar-refractivity contribution in [2.45, 2.75) is 86.4 Å². The van der Waals surface area contributed by atoms with Gasteiger partial charge in [-0.15, -0.1) is 0 Å². The smallest absolute Gasteiger partial charge is 0.256 e. The number of rotatable bonds is 28. The fourth-order valence-corrected chi connectivity index (χ4v) is 6.37. The number of amides is 2. The molecule has 0 aliphatic heterocycles. The molecular formula is C33H62N5O10Po. The van der Waals surface area contributed by atoms with Gasteiger partial charge in [-0.05, 0) is 19.3 Å². The van der Waals surface area contributed by atoms with Gasteiger partial charge in [0.05, 0.1) is 46.2 Å². The maximum atomic E-state index is 12.3. The zero-order valence-corrected chi connectivity index (χ0v) is 32.2. The molecule has 0 bridgehead atoms. The van der Waals surface area contributed by atoms with Gasteiger partial charge in [0.2, 0.25) is 0 Å². The zero-order chi connectivity index (χ0) is 34.8. The van der Waals surface area contributed by atoms with E-state index in [-0.39, 0.29) is 23.5 Å². The Hall–Kier alpha value is -1.25. The van der Waals surface area contributed by atoms with Gasteiger partial charge in [0.25, 0.3) is 0 Å². The maximum absolute atomic E-state index is 12.3. The normalized spacial score (nSPS) is 21.1. The van der Waals surface area contributed by atoms with Crippen LogP contribution in [0.25, 0.3) is 0 Å². The molecule has 11 N–H and O–H groups in total. The number of benzene rings is 1. The predicted molar refractivity (Wildman–Crippen MR) is 189 cm³/mol. The van der Waals surface area contributed by atoms with Crippen molar-refractivity contribution in [3.63, 3.8) is 0 Å². The first-order chi connectivity index (χ1) is 23.4. The van der Waals surface area contributed by atoms with E-state index in [1.54, 1.807) is 24.3 Å². The van der Waals surface area contributed by atoms with E-state index in [1.807, 2.05) is 0 Å². The van der Waals surface area contributed by atoms with Crippen molar-refractivity contribution in [2.75, 3.05) is 77.8 Å². The standard InChI is InChI=1S/C33H60N5O9.H2O.Po/c1-3-5-15-43-17-19-45-21-22-46-20-18-44-16-14-35-24-27(38-34)8-6-7-13-36-33(42)37-26-9-11-28(12-10-26)47-29-23-25(4-2)30(39)32(41)31(29)40;;/h9-12,25,27,29-32,35,38-41H,2-8,13-24,34H2,1H3,(H2,36,37,42);1H2;/t25-,27?,29-,30+,31+,32-;;/m0../s1. The summed E-state index contributed by atoms with van der Waals surface area (Å²) >= 11 is 1.41. The van der Waals surface area contributed by atoms with Crippen LogP contribution in [0.2, 0.25) is 4.08 Å². The Bertz CT molecular complexity index is 942. The van der Waals surface area contributed by atoms with Crippen molar-refractivity contribution in [3.05, 3.63) is 24.3 Å². The van der Waals surface area contributed by atoms with Crippen molar-refractivity contribution in [3.8, 4) is 5.75 Å². The molecule has 16 heteroatoms. The van der Waals surface area contributed by atoms with Gasteiger partial charge in [-0.3, -0.25) is 11.3 Å². The molecule has 1 aliphatic rings. The van der Waals surface area contributed by atoms with Crippen LogP contribution >= 0.6 is 0 Å². The first kappa shape index (κ1) is 45.8. The minimum atomic E-state index is -1.24. The average molecular weight is 898 g/mol. The van der Waals surface area contributed by atoms with E-state index in [9.17, 15) is 20.1 Å². The number of nitrogens with one attached hydrogen (secondary N) is 4. The second kappa shape index (κ2) is 29.3. The summed E-state index contributed by atoms with van der Waals surface area (Å²) < 4.78 is 28.9. The Balaban J connectivity index is 0.0000120. The summed E-state index contributed by atoms with van der Waals surface area (Å²) in [6.07, 6.45) is 2.06. The molecule has 0 saturated heterocycles. The molecule has 0 aromatic heterocycles. The van der Waals surface area contributed by atoms with Crippen molar-refractivity contribution in [1.82, 2.24) is 16.1 Å². The number of ether oxygens (including phenoxy) is 5. The molecule has 15 nitrogen and oxygen atoms in total. The molecule has 1 aromatic rings. The summed E-state index contributed by atoms with van der Waals surface area (Å²) in [4.78, 5) is 12.3. The molecular weight excluding hydrogens is 835 g/mol. The number of carbonyl (C=O) groups is 1. The zero-order valence-electron chi connectivity index (χ0n) is 29.0. The Morgan fingerprint density at radius 1 is 0.878 bits per heavy atom. The quantitative estimate of drug-likeness (QED) is 0.0322. The van der Waals surface area contributed by atoms with E-state index in [1.165, 1.54) is 25.1 Å². The molecule has 0 spiro atoms. The van der Waals surface area contributed by atoms with Crippen LogP contribution in [-0.4, -0.2) is 155 Å². The molecule has 2 amide bonds. The molecule has 49 heavy (non-hydrogen) atoms. The van der Waals surface area contributed by atoms with Crippen LogP contribution in [0.4, 0.5) is 10.5 Å². The van der Waals surface area contributed by atoms with Gasteiger partial charge in [0.1, 0.15) is 0 Å². The van der Waals surface area contributed by atoms with Gasteiger partial charge in [0.15, 0.2) is 0 Å². The number of urea groups is 1. The fraction of sp³-hybridized carbons (Fsp3) is 0.788. The second-order valence-corrected chi connectivity index (χ2v) is 13.5. The number of unbranched alkanes of at least 4 members (excludes halogenated alkanes) is 2. The van der Waals surface area contributed by atoms with E-state index < -0.39 is 24.4 Å². The molecule has 1 aliphatic carbocycles. The number of carbonyl (C=O) groups excluding carboxylic acids is 1. The fourth-order valence-electron chi connectivity index (χ4n) is 5.19. The molecule has 0 heterocycles. The predicted octanol–water partition coefficient (Wildman–Crippen LogP) is 0.269. The molecule has 1 radical (unpaired) electrons. The summed E-state index contributed by atoms with van der Waals surface area (Å²) in [6, 6.07) is 6.66. The van der Waals surface area contributed by atoms with Gasteiger partial charge in [-0.1, -0.05) is 19.8 Å². The van der Waals surface area contributed by atoms with E-state index in [4.69, 9.17) is 29.5 Å². The van der Waals surface area contributed by atoms with Crippen LogP contribution in [0.5, 0.6) is 5.75 Å². The summed E-state index contributed by atoms with van der Waals surface area (Å²) in [6.45, 7) is 8.84. The number of nitrogens with two attached hydrogens (primary N) is 1. The maximum Gasteiger partial charge on any atom is -0.256 e. The number of hydrazine groups is 1. The SMILES string of the molecule is CCCCOCCOCCOCCOCCNCC(CCCCNC(=O)Nc1ccc(O[C@H]2C[C@H](C[CH2][Po])[C@@H](O)[C@H](O)[C@@H]2O)cc1)NN.O. The third kappa shape index (κ3) is 20.4. The van der Waals surface area contributed by atoms with E-state index in [2.05, 4.69) is 28.3 Å². The van der Waals surface area contributed by atoms with Gasteiger partial charge in [0, 0.05) is 32.3 Å². The van der Waals surface area contributed by atoms with Gasteiger partial charge < -0.3 is 35.1 Å². The van der Waals surface area contributed by atoms with Gasteiger partial charge in [-0.25, -0.2) is 4.79 Å². The first-order valence-electron chi connectivity index (χ1n) is 17.3. The van der Waals surface area contributed by atoms with Crippen LogP contribution in [0.3, 0.4) is 0 Å². The summed E-state index contributed by atoms with van der Waals surface area (Å²) in [7, 11) is 0. The number of aliphatic hydroxyl groups is 3. The van der Waals surface area contributed by atoms with Crippen molar-refractivity contribution in [2.24, 2.45) is 11.8 Å². The molecule has 1 saturated carbocycles. The van der Waals surface area contributed by atoms with Crippen LogP contribution in [0.15, 0.2) is 24.3 Å². The Morgan fingerprint density at radius 2 is 1.51 bits per heavy atom. The summed E-state index contributed by atoms with van der Waals surface area (Å²) in [5, 5.41) is 39.9. The van der Waals surface area contributed by atoms with Crippen molar-refractivity contribution in [1.29, 1.82) is 0 Å². The number of aliphatic hydroxyl groups excluding tert-OH is 3. The van der Waals surface area contributed by atoms with E-state index >= 15 is 0 Å². The van der Waals surface area contributed by atoms with Gasteiger partial charge >= 0.3 is 139 Å². The Morgan fingerprint density at radius 3 is 2.12 bits per heavy atom.